The Kier molecular flexibility index (Phi) is 6.09. The molecule has 1 fully saturated rings. The van der Waals surface area contributed by atoms with Crippen molar-refractivity contribution in [1.82, 2.24) is 19.6 Å². The van der Waals surface area contributed by atoms with E-state index in [0.717, 1.165) is 41.9 Å². The van der Waals surface area contributed by atoms with Crippen LogP contribution in [0.2, 0.25) is 0 Å². The highest BCUT2D eigenvalue weighted by Crippen LogP contribution is 2.28. The zero-order valence-electron chi connectivity index (χ0n) is 19.0. The second-order valence-corrected chi connectivity index (χ2v) is 8.52. The summed E-state index contributed by atoms with van der Waals surface area (Å²) in [6.45, 7) is 0.172. The second kappa shape index (κ2) is 9.37. The Balaban J connectivity index is 1.36. The summed E-state index contributed by atoms with van der Waals surface area (Å²) in [7, 11) is 0. The molecule has 0 aliphatic carbocycles. The quantitative estimate of drug-likeness (QED) is 0.401. The molecule has 36 heavy (non-hydrogen) atoms. The number of hydrogen-bond donors (Lipinski definition) is 2. The lowest BCUT2D eigenvalue weighted by molar-refractivity contribution is -0.122. The van der Waals surface area contributed by atoms with Crippen molar-refractivity contribution in [3.05, 3.63) is 78.6 Å². The van der Waals surface area contributed by atoms with Gasteiger partial charge in [-0.05, 0) is 53.9 Å². The first kappa shape index (κ1) is 23.4. The average Bonchev–Trinajstić information content (AvgIpc) is 3.25. The highest BCUT2D eigenvalue weighted by molar-refractivity contribution is 5.96. The Bertz CT molecular complexity index is 1440. The number of carbonyl (C=O) groups excluding carboxylic acids is 2. The van der Waals surface area contributed by atoms with Crippen molar-refractivity contribution < 1.29 is 22.8 Å². The van der Waals surface area contributed by atoms with Gasteiger partial charge in [0, 0.05) is 36.1 Å². The molecule has 3 amide bonds. The number of imidazole rings is 1. The molecule has 7 nitrogen and oxygen atoms in total. The van der Waals surface area contributed by atoms with Crippen LogP contribution in [0.25, 0.3) is 28.0 Å². The number of urea groups is 1. The van der Waals surface area contributed by atoms with Crippen LogP contribution in [-0.2, 0) is 0 Å². The van der Waals surface area contributed by atoms with Crippen molar-refractivity contribution in [2.75, 3.05) is 25.0 Å². The molecule has 0 atom stereocenters. The molecule has 0 bridgehead atoms. The monoisotopic (exact) mass is 493 g/mol. The van der Waals surface area contributed by atoms with Gasteiger partial charge < -0.3 is 15.5 Å². The van der Waals surface area contributed by atoms with E-state index in [-0.39, 0.29) is 5.91 Å². The van der Waals surface area contributed by atoms with Crippen molar-refractivity contribution in [3.8, 4) is 22.4 Å². The molecule has 0 radical (unpaired) electrons. The molecular weight excluding hydrogens is 471 g/mol. The van der Waals surface area contributed by atoms with Crippen LogP contribution in [0.4, 0.5) is 23.7 Å². The minimum atomic E-state index is -4.49. The van der Waals surface area contributed by atoms with Gasteiger partial charge in [-0.3, -0.25) is 9.20 Å². The summed E-state index contributed by atoms with van der Waals surface area (Å²) in [6.07, 6.45) is 0.104. The van der Waals surface area contributed by atoms with Gasteiger partial charge in [0.05, 0.1) is 11.9 Å². The van der Waals surface area contributed by atoms with Crippen molar-refractivity contribution in [2.45, 2.75) is 12.6 Å². The molecule has 2 N–H and O–H groups in total. The Morgan fingerprint density at radius 2 is 1.69 bits per heavy atom. The van der Waals surface area contributed by atoms with E-state index in [1.807, 2.05) is 58.0 Å². The number of likely N-dealkylation sites (tertiary alicyclic amines) is 1. The van der Waals surface area contributed by atoms with E-state index in [2.05, 4.69) is 10.3 Å². The van der Waals surface area contributed by atoms with E-state index in [4.69, 9.17) is 0 Å². The molecule has 0 spiro atoms. The van der Waals surface area contributed by atoms with Gasteiger partial charge in [-0.1, -0.05) is 24.3 Å². The number of aromatic nitrogens is 2. The molecule has 184 valence electrons. The summed E-state index contributed by atoms with van der Waals surface area (Å²) >= 11 is 0. The Hall–Kier alpha value is -4.34. The molecule has 1 aliphatic heterocycles. The maximum absolute atomic E-state index is 12.6. The van der Waals surface area contributed by atoms with E-state index in [1.165, 1.54) is 0 Å². The molecule has 3 heterocycles. The first-order valence-electron chi connectivity index (χ1n) is 11.4. The normalized spacial score (nSPS) is 13.4. The summed E-state index contributed by atoms with van der Waals surface area (Å²) < 4.78 is 38.9. The Morgan fingerprint density at radius 1 is 0.944 bits per heavy atom. The van der Waals surface area contributed by atoms with Gasteiger partial charge in [-0.25, -0.2) is 9.78 Å². The zero-order valence-corrected chi connectivity index (χ0v) is 19.0. The second-order valence-electron chi connectivity index (χ2n) is 8.52. The van der Waals surface area contributed by atoms with Gasteiger partial charge in [0.1, 0.15) is 12.2 Å². The van der Waals surface area contributed by atoms with E-state index < -0.39 is 18.8 Å². The van der Waals surface area contributed by atoms with Crippen LogP contribution in [-0.4, -0.2) is 52.0 Å². The first-order chi connectivity index (χ1) is 17.3. The third-order valence-corrected chi connectivity index (χ3v) is 5.96. The van der Waals surface area contributed by atoms with Crippen molar-refractivity contribution in [3.63, 3.8) is 0 Å². The number of fused-ring (bicyclic) bond motifs is 1. The lowest BCUT2D eigenvalue weighted by Gasteiger charge is -2.31. The number of nitrogens with one attached hydrogen (secondary N) is 2. The molecule has 5 rings (SSSR count). The number of carbonyl (C=O) groups is 2. The number of pyridine rings is 1. The minimum Gasteiger partial charge on any atom is -0.339 e. The molecule has 2 aromatic heterocycles. The van der Waals surface area contributed by atoms with Crippen LogP contribution >= 0.6 is 0 Å². The standard InChI is InChI=1S/C26H22F3N5O2/c27-26(28,29)16-31-25(36)32-21-7-2-5-19(13-21)22-15-30-23-14-18(8-11-34(22)23)17-4-1-6-20(12-17)24(35)33-9-3-10-33/h1-2,4-8,11-15H,3,9-10,16H2,(H2,31,32,36). The Morgan fingerprint density at radius 3 is 2.44 bits per heavy atom. The molecule has 1 aliphatic rings. The van der Waals surface area contributed by atoms with Crippen LogP contribution in [0.5, 0.6) is 0 Å². The lowest BCUT2D eigenvalue weighted by atomic mass is 10.0. The van der Waals surface area contributed by atoms with Gasteiger partial charge in [-0.2, -0.15) is 13.2 Å². The highest BCUT2D eigenvalue weighted by Gasteiger charge is 2.27. The molecular formula is C26H22F3N5O2. The smallest absolute Gasteiger partial charge is 0.339 e. The van der Waals surface area contributed by atoms with Crippen molar-refractivity contribution >= 4 is 23.3 Å². The average molecular weight is 493 g/mol. The van der Waals surface area contributed by atoms with E-state index in [9.17, 15) is 22.8 Å². The predicted octanol–water partition coefficient (Wildman–Crippen LogP) is 5.20. The minimum absolute atomic E-state index is 0.0351. The number of hydrogen-bond acceptors (Lipinski definition) is 3. The van der Waals surface area contributed by atoms with Crippen LogP contribution in [0.1, 0.15) is 16.8 Å². The molecule has 1 saturated heterocycles. The van der Waals surface area contributed by atoms with Gasteiger partial charge >= 0.3 is 12.2 Å². The van der Waals surface area contributed by atoms with E-state index in [0.29, 0.717) is 16.9 Å². The fraction of sp³-hybridized carbons (Fsp3) is 0.192. The number of amides is 3. The summed E-state index contributed by atoms with van der Waals surface area (Å²) in [5.41, 5.74) is 4.98. The maximum Gasteiger partial charge on any atom is 0.405 e. The van der Waals surface area contributed by atoms with E-state index in [1.54, 1.807) is 29.7 Å². The fourth-order valence-corrected chi connectivity index (χ4v) is 4.02. The van der Waals surface area contributed by atoms with Crippen LogP contribution in [0.3, 0.4) is 0 Å². The summed E-state index contributed by atoms with van der Waals surface area (Å²) in [4.78, 5) is 30.7. The van der Waals surface area contributed by atoms with E-state index >= 15 is 0 Å². The first-order valence-corrected chi connectivity index (χ1v) is 11.4. The Labute approximate surface area is 204 Å². The summed E-state index contributed by atoms with van der Waals surface area (Å²) in [6, 6.07) is 17.2. The van der Waals surface area contributed by atoms with Gasteiger partial charge in [0.25, 0.3) is 5.91 Å². The highest BCUT2D eigenvalue weighted by atomic mass is 19.4. The number of benzene rings is 2. The third kappa shape index (κ3) is 5.02. The topological polar surface area (TPSA) is 78.7 Å². The number of halogens is 3. The number of anilines is 1. The summed E-state index contributed by atoms with van der Waals surface area (Å²) in [5.74, 6) is 0.0351. The predicted molar refractivity (Wildman–Crippen MR) is 130 cm³/mol. The number of alkyl halides is 3. The number of nitrogens with zero attached hydrogens (tertiary/aromatic N) is 3. The van der Waals surface area contributed by atoms with Crippen molar-refractivity contribution in [2.24, 2.45) is 0 Å². The van der Waals surface area contributed by atoms with Crippen molar-refractivity contribution in [1.29, 1.82) is 0 Å². The fourth-order valence-electron chi connectivity index (χ4n) is 4.02. The van der Waals surface area contributed by atoms with Gasteiger partial charge in [0.15, 0.2) is 0 Å². The zero-order chi connectivity index (χ0) is 25.3. The van der Waals surface area contributed by atoms with Crippen LogP contribution in [0.15, 0.2) is 73.1 Å². The third-order valence-electron chi connectivity index (χ3n) is 5.96. The molecule has 2 aromatic carbocycles. The van der Waals surface area contributed by atoms with Crippen LogP contribution < -0.4 is 10.6 Å². The molecule has 4 aromatic rings. The SMILES string of the molecule is O=C(NCC(F)(F)F)Nc1cccc(-c2cnc3cc(-c4cccc(C(=O)N5CCC5)c4)ccn23)c1. The molecule has 10 heteroatoms. The van der Waals surface area contributed by atoms with Crippen LogP contribution in [0, 0.1) is 0 Å². The molecule has 0 saturated carbocycles. The summed E-state index contributed by atoms with van der Waals surface area (Å²) in [5, 5.41) is 4.20. The van der Waals surface area contributed by atoms with Gasteiger partial charge in [-0.15, -0.1) is 0 Å². The number of rotatable bonds is 5. The molecule has 0 unspecified atom stereocenters. The largest absolute Gasteiger partial charge is 0.405 e. The maximum atomic E-state index is 12.6. The van der Waals surface area contributed by atoms with Gasteiger partial charge in [0.2, 0.25) is 0 Å². The lowest BCUT2D eigenvalue weighted by Crippen LogP contribution is -2.41.